The van der Waals surface area contributed by atoms with Crippen LogP contribution in [0.5, 0.6) is 0 Å². The quantitative estimate of drug-likeness (QED) is 0.772. The summed E-state index contributed by atoms with van der Waals surface area (Å²) in [5.41, 5.74) is 0.901. The Kier molecular flexibility index (Phi) is 3.60. The van der Waals surface area contributed by atoms with Gasteiger partial charge in [0.25, 0.3) is 0 Å². The summed E-state index contributed by atoms with van der Waals surface area (Å²) in [7, 11) is 0. The zero-order valence-corrected chi connectivity index (χ0v) is 9.36. The molecule has 1 N–H and O–H groups in total. The highest BCUT2D eigenvalue weighted by Crippen LogP contribution is 2.28. The van der Waals surface area contributed by atoms with Crippen LogP contribution in [0.1, 0.15) is 37.3 Å². The molecule has 0 bridgehead atoms. The van der Waals surface area contributed by atoms with Crippen molar-refractivity contribution in [1.29, 1.82) is 0 Å². The Morgan fingerprint density at radius 1 is 1.27 bits per heavy atom. The fourth-order valence-electron chi connectivity index (χ4n) is 2.08. The molecule has 1 saturated heterocycles. The first-order valence-corrected chi connectivity index (χ1v) is 5.83. The van der Waals surface area contributed by atoms with Crippen LogP contribution in [0.25, 0.3) is 0 Å². The van der Waals surface area contributed by atoms with E-state index in [4.69, 9.17) is 11.6 Å². The van der Waals surface area contributed by atoms with E-state index in [1.54, 1.807) is 12.1 Å². The minimum absolute atomic E-state index is 0.208. The van der Waals surface area contributed by atoms with Gasteiger partial charge in [-0.25, -0.2) is 4.39 Å². The fourth-order valence-corrected chi connectivity index (χ4v) is 2.32. The van der Waals surface area contributed by atoms with Crippen molar-refractivity contribution < 1.29 is 4.39 Å². The molecular formula is C12H15ClFN. The van der Waals surface area contributed by atoms with Gasteiger partial charge in [-0.1, -0.05) is 24.4 Å². The van der Waals surface area contributed by atoms with Crippen molar-refractivity contribution in [3.63, 3.8) is 0 Å². The number of halogens is 2. The van der Waals surface area contributed by atoms with Gasteiger partial charge in [-0.3, -0.25) is 0 Å². The molecule has 0 radical (unpaired) electrons. The minimum atomic E-state index is -0.208. The van der Waals surface area contributed by atoms with E-state index in [2.05, 4.69) is 5.32 Å². The van der Waals surface area contributed by atoms with E-state index in [9.17, 15) is 4.39 Å². The van der Waals surface area contributed by atoms with Crippen molar-refractivity contribution in [2.45, 2.75) is 31.7 Å². The maximum atomic E-state index is 13.1. The van der Waals surface area contributed by atoms with E-state index >= 15 is 0 Å². The lowest BCUT2D eigenvalue weighted by atomic mass is 10.0. The van der Waals surface area contributed by atoms with Crippen molar-refractivity contribution >= 4 is 11.6 Å². The van der Waals surface area contributed by atoms with Crippen LogP contribution in [-0.4, -0.2) is 6.54 Å². The first-order valence-electron chi connectivity index (χ1n) is 5.46. The normalized spacial score (nSPS) is 22.4. The van der Waals surface area contributed by atoms with Gasteiger partial charge >= 0.3 is 0 Å². The second kappa shape index (κ2) is 4.95. The van der Waals surface area contributed by atoms with Crippen molar-refractivity contribution in [3.8, 4) is 0 Å². The van der Waals surface area contributed by atoms with E-state index in [1.165, 1.54) is 25.3 Å². The highest BCUT2D eigenvalue weighted by atomic mass is 35.5. The average molecular weight is 228 g/mol. The zero-order valence-electron chi connectivity index (χ0n) is 8.60. The van der Waals surface area contributed by atoms with Gasteiger partial charge in [-0.15, -0.1) is 0 Å². The predicted octanol–water partition coefficient (Wildman–Crippen LogP) is 3.68. The summed E-state index contributed by atoms with van der Waals surface area (Å²) in [4.78, 5) is 0. The van der Waals surface area contributed by atoms with E-state index in [-0.39, 0.29) is 11.9 Å². The molecule has 1 aromatic carbocycles. The molecule has 3 heteroatoms. The van der Waals surface area contributed by atoms with Crippen molar-refractivity contribution in [2.75, 3.05) is 6.54 Å². The van der Waals surface area contributed by atoms with E-state index in [1.807, 2.05) is 0 Å². The molecular weight excluding hydrogens is 213 g/mol. The summed E-state index contributed by atoms with van der Waals surface area (Å²) in [5, 5.41) is 4.08. The maximum Gasteiger partial charge on any atom is 0.123 e. The van der Waals surface area contributed by atoms with Crippen LogP contribution in [0.4, 0.5) is 4.39 Å². The lowest BCUT2D eigenvalue weighted by molar-refractivity contribution is 0.529. The average Bonchev–Trinajstić information content (AvgIpc) is 2.50. The number of benzene rings is 1. The third-order valence-electron chi connectivity index (χ3n) is 2.89. The summed E-state index contributed by atoms with van der Waals surface area (Å²) < 4.78 is 13.1. The first kappa shape index (κ1) is 10.9. The standard InChI is InChI=1S/C12H15ClFN/c13-11-6-5-9(14)8-10(11)12-4-2-1-3-7-15-12/h5-6,8,12,15H,1-4,7H2. The molecule has 1 atom stereocenters. The van der Waals surface area contributed by atoms with Crippen LogP contribution >= 0.6 is 11.6 Å². The Labute approximate surface area is 94.6 Å². The van der Waals surface area contributed by atoms with Gasteiger partial charge < -0.3 is 5.32 Å². The number of rotatable bonds is 1. The smallest absolute Gasteiger partial charge is 0.123 e. The minimum Gasteiger partial charge on any atom is -0.310 e. The van der Waals surface area contributed by atoms with Crippen LogP contribution in [0.15, 0.2) is 18.2 Å². The molecule has 1 unspecified atom stereocenters. The lowest BCUT2D eigenvalue weighted by Gasteiger charge is -2.17. The summed E-state index contributed by atoms with van der Waals surface area (Å²) in [6, 6.07) is 4.81. The van der Waals surface area contributed by atoms with Gasteiger partial charge in [0.1, 0.15) is 5.82 Å². The number of hydrogen-bond donors (Lipinski definition) is 1. The predicted molar refractivity (Wildman–Crippen MR) is 60.6 cm³/mol. The topological polar surface area (TPSA) is 12.0 Å². The van der Waals surface area contributed by atoms with Crippen LogP contribution in [-0.2, 0) is 0 Å². The summed E-state index contributed by atoms with van der Waals surface area (Å²) in [5.74, 6) is -0.208. The molecule has 15 heavy (non-hydrogen) atoms. The molecule has 1 fully saturated rings. The zero-order chi connectivity index (χ0) is 10.7. The summed E-state index contributed by atoms with van der Waals surface area (Å²) in [6.07, 6.45) is 4.67. The molecule has 0 saturated carbocycles. The Morgan fingerprint density at radius 3 is 3.00 bits per heavy atom. The maximum absolute atomic E-state index is 13.1. The molecule has 1 heterocycles. The molecule has 82 valence electrons. The Hall–Kier alpha value is -0.600. The lowest BCUT2D eigenvalue weighted by Crippen LogP contribution is -2.20. The summed E-state index contributed by atoms with van der Waals surface area (Å²) >= 11 is 6.08. The summed E-state index contributed by atoms with van der Waals surface area (Å²) in [6.45, 7) is 0.998. The van der Waals surface area contributed by atoms with Gasteiger partial charge in [0.15, 0.2) is 0 Å². The highest BCUT2D eigenvalue weighted by molar-refractivity contribution is 6.31. The molecule has 2 rings (SSSR count). The Bertz CT molecular complexity index is 332. The van der Waals surface area contributed by atoms with Crippen LogP contribution < -0.4 is 5.32 Å². The van der Waals surface area contributed by atoms with E-state index in [0.29, 0.717) is 5.02 Å². The molecule has 1 aromatic rings. The molecule has 0 spiro atoms. The van der Waals surface area contributed by atoms with Gasteiger partial charge in [0.2, 0.25) is 0 Å². The fraction of sp³-hybridized carbons (Fsp3) is 0.500. The van der Waals surface area contributed by atoms with Crippen LogP contribution in [0.3, 0.4) is 0 Å². The molecule has 1 aliphatic rings. The van der Waals surface area contributed by atoms with Crippen molar-refractivity contribution in [1.82, 2.24) is 5.32 Å². The Balaban J connectivity index is 2.22. The van der Waals surface area contributed by atoms with Gasteiger partial charge in [-0.2, -0.15) is 0 Å². The first-order chi connectivity index (χ1) is 7.27. The highest BCUT2D eigenvalue weighted by Gasteiger charge is 2.16. The van der Waals surface area contributed by atoms with Crippen molar-refractivity contribution in [2.24, 2.45) is 0 Å². The van der Waals surface area contributed by atoms with Crippen LogP contribution in [0, 0.1) is 5.82 Å². The number of hydrogen-bond acceptors (Lipinski definition) is 1. The SMILES string of the molecule is Fc1ccc(Cl)c(C2CCCCCN2)c1. The second-order valence-corrected chi connectivity index (χ2v) is 4.43. The molecule has 0 aromatic heterocycles. The van der Waals surface area contributed by atoms with Crippen molar-refractivity contribution in [3.05, 3.63) is 34.6 Å². The third kappa shape index (κ3) is 2.70. The van der Waals surface area contributed by atoms with Crippen LogP contribution in [0.2, 0.25) is 5.02 Å². The van der Waals surface area contributed by atoms with Gasteiger partial charge in [0, 0.05) is 11.1 Å². The molecule has 0 aliphatic carbocycles. The Morgan fingerprint density at radius 2 is 2.13 bits per heavy atom. The van der Waals surface area contributed by atoms with Gasteiger partial charge in [-0.05, 0) is 43.1 Å². The van der Waals surface area contributed by atoms with E-state index in [0.717, 1.165) is 18.5 Å². The van der Waals surface area contributed by atoms with Gasteiger partial charge in [0.05, 0.1) is 0 Å². The monoisotopic (exact) mass is 227 g/mol. The third-order valence-corrected chi connectivity index (χ3v) is 3.24. The second-order valence-electron chi connectivity index (χ2n) is 4.02. The molecule has 1 aliphatic heterocycles. The molecule has 0 amide bonds. The molecule has 1 nitrogen and oxygen atoms in total. The number of nitrogens with one attached hydrogen (secondary N) is 1. The largest absolute Gasteiger partial charge is 0.310 e. The van der Waals surface area contributed by atoms with E-state index < -0.39 is 0 Å².